The van der Waals surface area contributed by atoms with Gasteiger partial charge >= 0.3 is 0 Å². The van der Waals surface area contributed by atoms with Gasteiger partial charge in [-0.25, -0.2) is 0 Å². The number of hydrogen-bond donors (Lipinski definition) is 1. The Morgan fingerprint density at radius 3 is 2.64 bits per heavy atom. The van der Waals surface area contributed by atoms with Gasteiger partial charge in [-0.05, 0) is 49.2 Å². The third-order valence-electron chi connectivity index (χ3n) is 5.17. The molecule has 2 heterocycles. The minimum atomic E-state index is -0.441. The van der Waals surface area contributed by atoms with Crippen molar-refractivity contribution < 1.29 is 19.2 Å². The molecule has 1 aromatic heterocycles. The van der Waals surface area contributed by atoms with Crippen LogP contribution in [0.25, 0.3) is 11.4 Å². The number of carbonyl (C=O) groups is 1. The van der Waals surface area contributed by atoms with E-state index in [4.69, 9.17) is 9.47 Å². The van der Waals surface area contributed by atoms with Crippen molar-refractivity contribution >= 4 is 29.0 Å². The van der Waals surface area contributed by atoms with Crippen LogP contribution in [0.2, 0.25) is 0 Å². The highest BCUT2D eigenvalue weighted by Gasteiger charge is 2.22. The van der Waals surface area contributed by atoms with E-state index in [2.05, 4.69) is 15.5 Å². The van der Waals surface area contributed by atoms with Crippen molar-refractivity contribution in [2.45, 2.75) is 30.6 Å². The number of aromatic nitrogens is 3. The number of rotatable bonds is 9. The molecular weight excluding hydrogens is 446 g/mol. The Balaban J connectivity index is 1.49. The van der Waals surface area contributed by atoms with Crippen LogP contribution in [0.3, 0.4) is 0 Å². The summed E-state index contributed by atoms with van der Waals surface area (Å²) in [5.74, 6) is 1.27. The standard InChI is InChI=1S/C22H23N5O5S/c1-31-18-10-6-16(7-11-18)23-20(28)14-33-22-25-24-21(26(22)13-19-3-2-12-32-19)15-4-8-17(9-5-15)27(29)30/h4-11,19H,2-3,12-14H2,1H3,(H,23,28)/t19-/m0/s1. The predicted molar refractivity (Wildman–Crippen MR) is 123 cm³/mol. The Kier molecular flexibility index (Phi) is 7.20. The normalized spacial score (nSPS) is 15.4. The number of amides is 1. The van der Waals surface area contributed by atoms with Crippen LogP contribution in [0.5, 0.6) is 5.75 Å². The molecule has 1 amide bonds. The number of ether oxygens (including phenoxy) is 2. The van der Waals surface area contributed by atoms with Gasteiger partial charge in [0.1, 0.15) is 5.75 Å². The first-order valence-electron chi connectivity index (χ1n) is 10.4. The predicted octanol–water partition coefficient (Wildman–Crippen LogP) is 3.77. The van der Waals surface area contributed by atoms with Crippen LogP contribution in [-0.2, 0) is 16.1 Å². The highest BCUT2D eigenvalue weighted by atomic mass is 32.2. The van der Waals surface area contributed by atoms with Crippen molar-refractivity contribution in [3.63, 3.8) is 0 Å². The number of nitrogens with zero attached hydrogens (tertiary/aromatic N) is 4. The monoisotopic (exact) mass is 469 g/mol. The van der Waals surface area contributed by atoms with Gasteiger partial charge in [0.25, 0.3) is 5.69 Å². The number of non-ortho nitro benzene ring substituents is 1. The lowest BCUT2D eigenvalue weighted by Crippen LogP contribution is -2.18. The van der Waals surface area contributed by atoms with Crippen LogP contribution in [0.4, 0.5) is 11.4 Å². The molecule has 10 nitrogen and oxygen atoms in total. The van der Waals surface area contributed by atoms with Crippen LogP contribution < -0.4 is 10.1 Å². The van der Waals surface area contributed by atoms with E-state index in [0.717, 1.165) is 12.8 Å². The molecule has 2 aromatic carbocycles. The Bertz CT molecular complexity index is 1110. The second-order valence-electron chi connectivity index (χ2n) is 7.42. The molecule has 1 aliphatic heterocycles. The SMILES string of the molecule is COc1ccc(NC(=O)CSc2nnc(-c3ccc([N+](=O)[O-])cc3)n2C[C@@H]2CCCO2)cc1. The van der Waals surface area contributed by atoms with Crippen molar-refractivity contribution in [1.82, 2.24) is 14.8 Å². The van der Waals surface area contributed by atoms with Crippen molar-refractivity contribution in [3.05, 3.63) is 58.6 Å². The fraction of sp³-hybridized carbons (Fsp3) is 0.318. The zero-order valence-electron chi connectivity index (χ0n) is 18.0. The number of benzene rings is 2. The molecule has 1 aliphatic rings. The average Bonchev–Trinajstić information content (AvgIpc) is 3.49. The molecule has 172 valence electrons. The summed E-state index contributed by atoms with van der Waals surface area (Å²) in [7, 11) is 1.59. The van der Waals surface area contributed by atoms with Crippen LogP contribution in [0.15, 0.2) is 53.7 Å². The first-order valence-corrected chi connectivity index (χ1v) is 11.4. The first kappa shape index (κ1) is 22.7. The van der Waals surface area contributed by atoms with E-state index in [0.29, 0.717) is 41.1 Å². The molecule has 1 N–H and O–H groups in total. The summed E-state index contributed by atoms with van der Waals surface area (Å²) in [4.78, 5) is 23.0. The Morgan fingerprint density at radius 2 is 2.00 bits per heavy atom. The summed E-state index contributed by atoms with van der Waals surface area (Å²) in [5, 5.41) is 23.0. The van der Waals surface area contributed by atoms with Gasteiger partial charge in [-0.15, -0.1) is 10.2 Å². The fourth-order valence-corrected chi connectivity index (χ4v) is 4.25. The maximum absolute atomic E-state index is 12.5. The number of thioether (sulfide) groups is 1. The highest BCUT2D eigenvalue weighted by Crippen LogP contribution is 2.28. The molecule has 0 radical (unpaired) electrons. The van der Waals surface area contributed by atoms with E-state index in [1.807, 2.05) is 4.57 Å². The third-order valence-corrected chi connectivity index (χ3v) is 6.14. The fourth-order valence-electron chi connectivity index (χ4n) is 3.50. The second-order valence-corrected chi connectivity index (χ2v) is 8.36. The minimum Gasteiger partial charge on any atom is -0.497 e. The summed E-state index contributed by atoms with van der Waals surface area (Å²) >= 11 is 1.28. The summed E-state index contributed by atoms with van der Waals surface area (Å²) in [5.41, 5.74) is 1.39. The highest BCUT2D eigenvalue weighted by molar-refractivity contribution is 7.99. The van der Waals surface area contributed by atoms with Gasteiger partial charge in [0, 0.05) is 30.0 Å². The van der Waals surface area contributed by atoms with Crippen molar-refractivity contribution in [3.8, 4) is 17.1 Å². The maximum Gasteiger partial charge on any atom is 0.269 e. The van der Waals surface area contributed by atoms with Crippen LogP contribution in [0, 0.1) is 10.1 Å². The lowest BCUT2D eigenvalue weighted by atomic mass is 10.2. The van der Waals surface area contributed by atoms with Crippen molar-refractivity contribution in [2.75, 3.05) is 24.8 Å². The smallest absolute Gasteiger partial charge is 0.269 e. The van der Waals surface area contributed by atoms with Crippen molar-refractivity contribution in [2.24, 2.45) is 0 Å². The largest absolute Gasteiger partial charge is 0.497 e. The maximum atomic E-state index is 12.5. The molecule has 0 unspecified atom stereocenters. The van der Waals surface area contributed by atoms with E-state index in [1.165, 1.54) is 23.9 Å². The van der Waals surface area contributed by atoms with E-state index >= 15 is 0 Å². The molecule has 0 aliphatic carbocycles. The zero-order valence-corrected chi connectivity index (χ0v) is 18.8. The van der Waals surface area contributed by atoms with Gasteiger partial charge in [0.15, 0.2) is 11.0 Å². The lowest BCUT2D eigenvalue weighted by Gasteiger charge is -2.14. The lowest BCUT2D eigenvalue weighted by molar-refractivity contribution is -0.384. The molecule has 33 heavy (non-hydrogen) atoms. The van der Waals surface area contributed by atoms with Crippen molar-refractivity contribution in [1.29, 1.82) is 0 Å². The molecule has 0 bridgehead atoms. The number of anilines is 1. The number of methoxy groups -OCH3 is 1. The van der Waals surface area contributed by atoms with Gasteiger partial charge < -0.3 is 14.8 Å². The summed E-state index contributed by atoms with van der Waals surface area (Å²) in [6.07, 6.45) is 1.96. The van der Waals surface area contributed by atoms with Gasteiger partial charge in [0.2, 0.25) is 5.91 Å². The number of nitro benzene ring substituents is 1. The summed E-state index contributed by atoms with van der Waals surface area (Å²) < 4.78 is 12.8. The average molecular weight is 470 g/mol. The van der Waals surface area contributed by atoms with E-state index in [1.54, 1.807) is 43.5 Å². The van der Waals surface area contributed by atoms with Gasteiger partial charge in [-0.1, -0.05) is 11.8 Å². The van der Waals surface area contributed by atoms with Gasteiger partial charge in [0.05, 0.1) is 30.4 Å². The Labute approximate surface area is 194 Å². The molecule has 0 saturated carbocycles. The summed E-state index contributed by atoms with van der Waals surface area (Å²) in [6, 6.07) is 13.3. The first-order chi connectivity index (χ1) is 16.0. The molecular formula is C22H23N5O5S. The summed E-state index contributed by atoms with van der Waals surface area (Å²) in [6.45, 7) is 1.26. The molecule has 1 atom stereocenters. The number of nitro groups is 1. The van der Waals surface area contributed by atoms with E-state index in [-0.39, 0.29) is 23.5 Å². The number of nitrogens with one attached hydrogen (secondary N) is 1. The molecule has 0 spiro atoms. The van der Waals surface area contributed by atoms with Gasteiger partial charge in [-0.2, -0.15) is 0 Å². The zero-order chi connectivity index (χ0) is 23.2. The quantitative estimate of drug-likeness (QED) is 0.286. The molecule has 11 heteroatoms. The number of carbonyl (C=O) groups excluding carboxylic acids is 1. The molecule has 4 rings (SSSR count). The Morgan fingerprint density at radius 1 is 1.24 bits per heavy atom. The molecule has 1 fully saturated rings. The van der Waals surface area contributed by atoms with Crippen LogP contribution in [0.1, 0.15) is 12.8 Å². The van der Waals surface area contributed by atoms with Crippen LogP contribution in [-0.4, -0.2) is 51.2 Å². The molecule has 3 aromatic rings. The minimum absolute atomic E-state index is 0.00810. The van der Waals surface area contributed by atoms with Gasteiger partial charge in [-0.3, -0.25) is 19.5 Å². The number of hydrogen-bond acceptors (Lipinski definition) is 8. The second kappa shape index (κ2) is 10.5. The van der Waals surface area contributed by atoms with E-state index in [9.17, 15) is 14.9 Å². The van der Waals surface area contributed by atoms with Crippen LogP contribution >= 0.6 is 11.8 Å². The molecule has 1 saturated heterocycles. The Hall–Kier alpha value is -3.44. The topological polar surface area (TPSA) is 121 Å². The van der Waals surface area contributed by atoms with E-state index < -0.39 is 4.92 Å². The third kappa shape index (κ3) is 5.68.